The highest BCUT2D eigenvalue weighted by Crippen LogP contribution is 2.30. The molecule has 0 radical (unpaired) electrons. The summed E-state index contributed by atoms with van der Waals surface area (Å²) in [7, 11) is 0. The third-order valence-corrected chi connectivity index (χ3v) is 3.19. The van der Waals surface area contributed by atoms with Gasteiger partial charge in [-0.25, -0.2) is 0 Å². The van der Waals surface area contributed by atoms with Gasteiger partial charge in [0, 0.05) is 14.5 Å². The van der Waals surface area contributed by atoms with E-state index in [1.54, 1.807) is 12.1 Å². The van der Waals surface area contributed by atoms with Crippen molar-refractivity contribution in [2.45, 2.75) is 0 Å². The molecule has 0 spiro atoms. The Morgan fingerprint density at radius 2 is 1.82 bits per heavy atom. The Kier molecular flexibility index (Phi) is 3.10. The fraction of sp³-hybridized carbons (Fsp3) is 0. The molecule has 0 unspecified atom stereocenters. The van der Waals surface area contributed by atoms with Gasteiger partial charge in [0.1, 0.15) is 0 Å². The summed E-state index contributed by atoms with van der Waals surface area (Å²) in [6.45, 7) is 0. The van der Waals surface area contributed by atoms with Crippen molar-refractivity contribution in [2.75, 3.05) is 0 Å². The van der Waals surface area contributed by atoms with Crippen molar-refractivity contribution < 1.29 is 4.79 Å². The van der Waals surface area contributed by atoms with Crippen LogP contribution in [0.15, 0.2) is 21.1 Å². The highest BCUT2D eigenvalue weighted by Gasteiger charge is 2.06. The zero-order valence-corrected chi connectivity index (χ0v) is 9.20. The van der Waals surface area contributed by atoms with Crippen molar-refractivity contribution in [3.63, 3.8) is 0 Å². The fourth-order valence-electron chi connectivity index (χ4n) is 0.651. The van der Waals surface area contributed by atoms with Crippen LogP contribution in [0.25, 0.3) is 0 Å². The second-order valence-electron chi connectivity index (χ2n) is 1.87. The van der Waals surface area contributed by atoms with Crippen molar-refractivity contribution in [1.29, 1.82) is 0 Å². The molecule has 1 aromatic rings. The van der Waals surface area contributed by atoms with Gasteiger partial charge in [-0.1, -0.05) is 27.5 Å². The number of carbonyl (C=O) groups excluding carboxylic acids is 1. The first-order valence-electron chi connectivity index (χ1n) is 2.75. The van der Waals surface area contributed by atoms with E-state index in [1.807, 2.05) is 0 Å². The summed E-state index contributed by atoms with van der Waals surface area (Å²) in [5.74, 6) is 0. The van der Waals surface area contributed by atoms with Gasteiger partial charge in [-0.15, -0.1) is 0 Å². The monoisotopic (exact) mass is 296 g/mol. The predicted octanol–water partition coefficient (Wildman–Crippen LogP) is 3.68. The van der Waals surface area contributed by atoms with Crippen molar-refractivity contribution in [2.24, 2.45) is 0 Å². The average Bonchev–Trinajstić information content (AvgIpc) is 1.99. The van der Waals surface area contributed by atoms with Crippen LogP contribution in [0, 0.1) is 0 Å². The summed E-state index contributed by atoms with van der Waals surface area (Å²) in [4.78, 5) is 10.5. The van der Waals surface area contributed by atoms with Crippen molar-refractivity contribution >= 4 is 49.7 Å². The Morgan fingerprint density at radius 3 is 2.27 bits per heavy atom. The molecule has 0 fully saturated rings. The minimum Gasteiger partial charge on any atom is -0.298 e. The molecule has 0 heterocycles. The van der Waals surface area contributed by atoms with Crippen molar-refractivity contribution in [1.82, 2.24) is 0 Å². The van der Waals surface area contributed by atoms with Crippen LogP contribution in [0.5, 0.6) is 0 Å². The van der Waals surface area contributed by atoms with Gasteiger partial charge in [0.05, 0.1) is 5.02 Å². The standard InChI is InChI=1S/C7H3Br2ClO/c8-5-1-2-6(9)7(10)4(5)3-11/h1-3H. The van der Waals surface area contributed by atoms with Crippen LogP contribution >= 0.6 is 43.5 Å². The minimum absolute atomic E-state index is 0.439. The smallest absolute Gasteiger partial charge is 0.152 e. The molecule has 1 nitrogen and oxygen atoms in total. The molecule has 1 rings (SSSR count). The fourth-order valence-corrected chi connectivity index (χ4v) is 1.74. The zero-order valence-electron chi connectivity index (χ0n) is 5.27. The Morgan fingerprint density at radius 1 is 1.27 bits per heavy atom. The Balaban J connectivity index is 3.40. The third-order valence-electron chi connectivity index (χ3n) is 1.20. The number of aldehydes is 1. The largest absolute Gasteiger partial charge is 0.298 e. The first kappa shape index (κ1) is 9.23. The van der Waals surface area contributed by atoms with E-state index in [4.69, 9.17) is 11.6 Å². The molecule has 0 saturated heterocycles. The highest BCUT2D eigenvalue weighted by molar-refractivity contribution is 9.11. The molecule has 0 aliphatic rings. The second kappa shape index (κ2) is 3.70. The maximum atomic E-state index is 10.5. The van der Waals surface area contributed by atoms with E-state index in [0.29, 0.717) is 15.1 Å². The second-order valence-corrected chi connectivity index (χ2v) is 3.96. The normalized spacial score (nSPS) is 9.73. The summed E-state index contributed by atoms with van der Waals surface area (Å²) in [5.41, 5.74) is 0.473. The predicted molar refractivity (Wildman–Crippen MR) is 52.2 cm³/mol. The van der Waals surface area contributed by atoms with Gasteiger partial charge in [0.2, 0.25) is 0 Å². The summed E-state index contributed by atoms with van der Waals surface area (Å²) < 4.78 is 1.44. The molecule has 0 amide bonds. The molecule has 0 atom stereocenters. The Bertz CT molecular complexity index is 299. The molecule has 0 aliphatic heterocycles. The zero-order chi connectivity index (χ0) is 8.43. The van der Waals surface area contributed by atoms with E-state index >= 15 is 0 Å². The van der Waals surface area contributed by atoms with E-state index in [9.17, 15) is 4.79 Å². The highest BCUT2D eigenvalue weighted by atomic mass is 79.9. The molecule has 58 valence electrons. The van der Waals surface area contributed by atoms with Gasteiger partial charge in [0.25, 0.3) is 0 Å². The maximum absolute atomic E-state index is 10.5. The SMILES string of the molecule is O=Cc1c(Br)ccc(Br)c1Cl. The lowest BCUT2D eigenvalue weighted by Gasteiger charge is -2.00. The van der Waals surface area contributed by atoms with E-state index in [0.717, 1.165) is 10.8 Å². The Hall–Kier alpha value is 0.140. The molecule has 0 saturated carbocycles. The van der Waals surface area contributed by atoms with E-state index < -0.39 is 0 Å². The number of carbonyl (C=O) groups is 1. The Labute approximate surface area is 86.0 Å². The number of hydrogen-bond donors (Lipinski definition) is 0. The lowest BCUT2D eigenvalue weighted by molar-refractivity contribution is 0.112. The number of benzene rings is 1. The number of rotatable bonds is 1. The third kappa shape index (κ3) is 1.83. The molecule has 0 aliphatic carbocycles. The lowest BCUT2D eigenvalue weighted by atomic mass is 10.2. The summed E-state index contributed by atoms with van der Waals surface area (Å²) >= 11 is 12.2. The number of hydrogen-bond acceptors (Lipinski definition) is 1. The van der Waals surface area contributed by atoms with E-state index in [2.05, 4.69) is 31.9 Å². The lowest BCUT2D eigenvalue weighted by Crippen LogP contribution is -1.84. The van der Waals surface area contributed by atoms with Crippen LogP contribution in [-0.2, 0) is 0 Å². The van der Waals surface area contributed by atoms with Gasteiger partial charge < -0.3 is 0 Å². The molecular formula is C7H3Br2ClO. The van der Waals surface area contributed by atoms with E-state index in [1.165, 1.54) is 0 Å². The van der Waals surface area contributed by atoms with E-state index in [-0.39, 0.29) is 0 Å². The van der Waals surface area contributed by atoms with Gasteiger partial charge in [-0.2, -0.15) is 0 Å². The minimum atomic E-state index is 0.439. The molecule has 0 aromatic heterocycles. The van der Waals surface area contributed by atoms with Crippen LogP contribution in [0.1, 0.15) is 10.4 Å². The topological polar surface area (TPSA) is 17.1 Å². The van der Waals surface area contributed by atoms with Crippen LogP contribution in [0.3, 0.4) is 0 Å². The maximum Gasteiger partial charge on any atom is 0.152 e. The number of halogens is 3. The van der Waals surface area contributed by atoms with Gasteiger partial charge in [-0.05, 0) is 28.1 Å². The van der Waals surface area contributed by atoms with Crippen molar-refractivity contribution in [3.05, 3.63) is 31.7 Å². The molecule has 1 aromatic carbocycles. The molecule has 4 heteroatoms. The molecule has 0 bridgehead atoms. The first-order valence-corrected chi connectivity index (χ1v) is 4.72. The molecular weight excluding hydrogens is 295 g/mol. The molecule has 0 N–H and O–H groups in total. The van der Waals surface area contributed by atoms with Gasteiger partial charge >= 0.3 is 0 Å². The van der Waals surface area contributed by atoms with Crippen LogP contribution in [0.4, 0.5) is 0 Å². The van der Waals surface area contributed by atoms with Crippen molar-refractivity contribution in [3.8, 4) is 0 Å². The van der Waals surface area contributed by atoms with Crippen LogP contribution in [-0.4, -0.2) is 6.29 Å². The summed E-state index contributed by atoms with van der Waals surface area (Å²) in [6.07, 6.45) is 0.719. The molecule has 11 heavy (non-hydrogen) atoms. The summed E-state index contributed by atoms with van der Waals surface area (Å²) in [6, 6.07) is 3.54. The first-order chi connectivity index (χ1) is 5.16. The average molecular weight is 298 g/mol. The quantitative estimate of drug-likeness (QED) is 0.571. The van der Waals surface area contributed by atoms with Crippen LogP contribution < -0.4 is 0 Å². The van der Waals surface area contributed by atoms with Gasteiger partial charge in [0.15, 0.2) is 6.29 Å². The summed E-state index contributed by atoms with van der Waals surface area (Å²) in [5, 5.41) is 0.439. The van der Waals surface area contributed by atoms with Gasteiger partial charge in [-0.3, -0.25) is 4.79 Å². The van der Waals surface area contributed by atoms with Crippen LogP contribution in [0.2, 0.25) is 5.02 Å².